The fourth-order valence-electron chi connectivity index (χ4n) is 2.24. The first kappa shape index (κ1) is 10.1. The van der Waals surface area contributed by atoms with Crippen molar-refractivity contribution in [2.24, 2.45) is 0 Å². The zero-order valence-corrected chi connectivity index (χ0v) is 10.3. The van der Waals surface area contributed by atoms with Crippen molar-refractivity contribution in [1.82, 2.24) is 15.2 Å². The average Bonchev–Trinajstić information content (AvgIpc) is 2.75. The predicted molar refractivity (Wildman–Crippen MR) is 66.3 cm³/mol. The molecule has 2 aromatic heterocycles. The summed E-state index contributed by atoms with van der Waals surface area (Å²) in [6.45, 7) is 0. The molecule has 1 atom stereocenters. The molecular formula is C11H11N3S2. The topological polar surface area (TPSA) is 41.6 Å². The summed E-state index contributed by atoms with van der Waals surface area (Å²) in [6, 6.07) is 4.17. The maximum Gasteiger partial charge on any atom is 0.176 e. The number of fused-ring (bicyclic) bond motifs is 1. The number of H-pyrrole nitrogens is 1. The van der Waals surface area contributed by atoms with Crippen LogP contribution in [0.15, 0.2) is 18.3 Å². The van der Waals surface area contributed by atoms with Crippen molar-refractivity contribution in [2.75, 3.05) is 0 Å². The van der Waals surface area contributed by atoms with Crippen LogP contribution < -0.4 is 0 Å². The number of nitrogens with zero attached hydrogens (tertiary/aromatic N) is 2. The van der Waals surface area contributed by atoms with Crippen molar-refractivity contribution >= 4 is 23.6 Å². The molecule has 0 saturated heterocycles. The molecule has 82 valence electrons. The number of hydrogen-bond acceptors (Lipinski definition) is 4. The highest BCUT2D eigenvalue weighted by Gasteiger charge is 2.25. The second-order valence-corrected chi connectivity index (χ2v) is 5.64. The fraction of sp³-hybridized carbons (Fsp3) is 0.364. The zero-order valence-electron chi connectivity index (χ0n) is 8.64. The Labute approximate surface area is 103 Å². The summed E-state index contributed by atoms with van der Waals surface area (Å²) in [6.07, 6.45) is 5.33. The van der Waals surface area contributed by atoms with E-state index in [2.05, 4.69) is 21.2 Å². The van der Waals surface area contributed by atoms with Crippen molar-refractivity contribution in [3.05, 3.63) is 38.5 Å². The molecule has 0 aromatic carbocycles. The molecule has 0 amide bonds. The lowest BCUT2D eigenvalue weighted by Gasteiger charge is -2.21. The van der Waals surface area contributed by atoms with Crippen LogP contribution in [0.25, 0.3) is 0 Å². The van der Waals surface area contributed by atoms with E-state index in [0.717, 1.165) is 21.8 Å². The van der Waals surface area contributed by atoms with E-state index in [1.54, 1.807) is 11.3 Å². The molecule has 16 heavy (non-hydrogen) atoms. The molecule has 1 unspecified atom stereocenters. The largest absolute Gasteiger partial charge is 0.260 e. The van der Waals surface area contributed by atoms with E-state index in [1.807, 2.05) is 12.3 Å². The summed E-state index contributed by atoms with van der Waals surface area (Å²) in [5.74, 6) is 0.336. The molecule has 0 spiro atoms. The Hall–Kier alpha value is -1.07. The van der Waals surface area contributed by atoms with Gasteiger partial charge in [0.25, 0.3) is 0 Å². The molecule has 3 nitrogen and oxygen atoms in total. The molecule has 0 saturated carbocycles. The first-order valence-corrected chi connectivity index (χ1v) is 6.56. The summed E-state index contributed by atoms with van der Waals surface area (Å²) in [5.41, 5.74) is 2.55. The van der Waals surface area contributed by atoms with Crippen LogP contribution in [-0.4, -0.2) is 15.2 Å². The summed E-state index contributed by atoms with van der Waals surface area (Å²) in [4.78, 5) is 4.51. The fourth-order valence-corrected chi connectivity index (χ4v) is 3.29. The Kier molecular flexibility index (Phi) is 2.57. The van der Waals surface area contributed by atoms with Gasteiger partial charge in [0, 0.05) is 6.20 Å². The first-order valence-electron chi connectivity index (χ1n) is 5.34. The zero-order chi connectivity index (χ0) is 11.0. The van der Waals surface area contributed by atoms with Crippen LogP contribution in [0.1, 0.15) is 35.0 Å². The van der Waals surface area contributed by atoms with Gasteiger partial charge in [0.15, 0.2) is 3.95 Å². The number of pyridine rings is 1. The lowest BCUT2D eigenvalue weighted by molar-refractivity contribution is 0.592. The van der Waals surface area contributed by atoms with Crippen molar-refractivity contribution in [3.63, 3.8) is 0 Å². The van der Waals surface area contributed by atoms with E-state index in [-0.39, 0.29) is 0 Å². The van der Waals surface area contributed by atoms with Gasteiger partial charge < -0.3 is 0 Å². The van der Waals surface area contributed by atoms with Crippen LogP contribution in [-0.2, 0) is 6.42 Å². The Morgan fingerprint density at radius 1 is 1.50 bits per heavy atom. The van der Waals surface area contributed by atoms with E-state index in [1.165, 1.54) is 17.7 Å². The molecular weight excluding hydrogens is 238 g/mol. The third-order valence-corrected chi connectivity index (χ3v) is 4.15. The van der Waals surface area contributed by atoms with Crippen LogP contribution in [0.3, 0.4) is 0 Å². The molecule has 1 aliphatic carbocycles. The third-order valence-electron chi connectivity index (χ3n) is 2.95. The van der Waals surface area contributed by atoms with Gasteiger partial charge >= 0.3 is 0 Å². The van der Waals surface area contributed by atoms with Gasteiger partial charge in [-0.3, -0.25) is 10.1 Å². The van der Waals surface area contributed by atoms with Gasteiger partial charge in [0.1, 0.15) is 5.01 Å². The SMILES string of the molecule is S=c1[nH]nc(C2CCCc3cccnc32)s1. The van der Waals surface area contributed by atoms with Gasteiger partial charge in [-0.15, -0.1) is 0 Å². The highest BCUT2D eigenvalue weighted by Crippen LogP contribution is 2.35. The van der Waals surface area contributed by atoms with Crippen LogP contribution >= 0.6 is 23.6 Å². The summed E-state index contributed by atoms with van der Waals surface area (Å²) >= 11 is 6.65. The van der Waals surface area contributed by atoms with Gasteiger partial charge in [-0.05, 0) is 43.1 Å². The van der Waals surface area contributed by atoms with E-state index in [4.69, 9.17) is 12.2 Å². The van der Waals surface area contributed by atoms with Crippen LogP contribution in [0.2, 0.25) is 0 Å². The molecule has 1 N–H and O–H groups in total. The molecule has 0 aliphatic heterocycles. The summed E-state index contributed by atoms with van der Waals surface area (Å²) in [7, 11) is 0. The van der Waals surface area contributed by atoms with Gasteiger partial charge in [-0.25, -0.2) is 0 Å². The molecule has 0 fully saturated rings. The van der Waals surface area contributed by atoms with E-state index >= 15 is 0 Å². The second kappa shape index (κ2) is 4.07. The van der Waals surface area contributed by atoms with Crippen LogP contribution in [0, 0.1) is 3.95 Å². The van der Waals surface area contributed by atoms with Crippen molar-refractivity contribution in [3.8, 4) is 0 Å². The number of aromatic nitrogens is 3. The normalized spacial score (nSPS) is 19.4. The van der Waals surface area contributed by atoms with Crippen molar-refractivity contribution in [2.45, 2.75) is 25.2 Å². The quantitative estimate of drug-likeness (QED) is 0.790. The highest BCUT2D eigenvalue weighted by atomic mass is 32.1. The molecule has 2 heterocycles. The lowest BCUT2D eigenvalue weighted by atomic mass is 9.87. The molecule has 2 aromatic rings. The Morgan fingerprint density at radius 3 is 3.25 bits per heavy atom. The molecule has 0 radical (unpaired) electrons. The van der Waals surface area contributed by atoms with Gasteiger partial charge in [-0.1, -0.05) is 17.4 Å². The average molecular weight is 249 g/mol. The van der Waals surface area contributed by atoms with Crippen molar-refractivity contribution in [1.29, 1.82) is 0 Å². The minimum Gasteiger partial charge on any atom is -0.260 e. The lowest BCUT2D eigenvalue weighted by Crippen LogP contribution is -2.12. The van der Waals surface area contributed by atoms with Gasteiger partial charge in [0.2, 0.25) is 0 Å². The van der Waals surface area contributed by atoms with E-state index < -0.39 is 0 Å². The Morgan fingerprint density at radius 2 is 2.44 bits per heavy atom. The molecule has 3 rings (SSSR count). The second-order valence-electron chi connectivity index (χ2n) is 3.94. The highest BCUT2D eigenvalue weighted by molar-refractivity contribution is 7.73. The number of aryl methyl sites for hydroxylation is 1. The summed E-state index contributed by atoms with van der Waals surface area (Å²) < 4.78 is 0.748. The minimum atomic E-state index is 0.336. The van der Waals surface area contributed by atoms with E-state index in [9.17, 15) is 0 Å². The maximum absolute atomic E-state index is 5.08. The Bertz CT molecular complexity index is 558. The predicted octanol–water partition coefficient (Wildman–Crippen LogP) is 3.06. The standard InChI is InChI=1S/C11H11N3S2/c15-11-14-13-10(16-11)8-5-1-3-7-4-2-6-12-9(7)8/h2,4,6,8H,1,3,5H2,(H,14,15). The van der Waals surface area contributed by atoms with Gasteiger partial charge in [-0.2, -0.15) is 5.10 Å². The van der Waals surface area contributed by atoms with Gasteiger partial charge in [0.05, 0.1) is 11.6 Å². The van der Waals surface area contributed by atoms with E-state index in [0.29, 0.717) is 5.92 Å². The Balaban J connectivity index is 2.08. The monoisotopic (exact) mass is 249 g/mol. The maximum atomic E-state index is 5.08. The number of nitrogens with one attached hydrogen (secondary N) is 1. The number of hydrogen-bond donors (Lipinski definition) is 1. The molecule has 1 aliphatic rings. The smallest absolute Gasteiger partial charge is 0.176 e. The first-order chi connectivity index (χ1) is 7.84. The number of rotatable bonds is 1. The molecule has 5 heteroatoms. The minimum absolute atomic E-state index is 0.336. The number of aromatic amines is 1. The van der Waals surface area contributed by atoms with Crippen molar-refractivity contribution < 1.29 is 0 Å². The molecule has 0 bridgehead atoms. The van der Waals surface area contributed by atoms with Crippen LogP contribution in [0.4, 0.5) is 0 Å². The summed E-state index contributed by atoms with van der Waals surface area (Å²) in [5, 5.41) is 8.21. The third kappa shape index (κ3) is 1.70. The van der Waals surface area contributed by atoms with Crippen LogP contribution in [0.5, 0.6) is 0 Å².